The molecule has 0 fully saturated rings. The van der Waals surface area contributed by atoms with Crippen molar-refractivity contribution in [1.82, 2.24) is 9.55 Å². The maximum Gasteiger partial charge on any atom is 0.326 e. The van der Waals surface area contributed by atoms with Crippen LogP contribution in [0.25, 0.3) is 11.0 Å². The molecule has 0 aliphatic carbocycles. The van der Waals surface area contributed by atoms with Gasteiger partial charge in [0.2, 0.25) is 0 Å². The second kappa shape index (κ2) is 3.52. The molecule has 80 valence electrons. The third kappa shape index (κ3) is 1.45. The van der Waals surface area contributed by atoms with Gasteiger partial charge in [0.05, 0.1) is 23.7 Å². The summed E-state index contributed by atoms with van der Waals surface area (Å²) >= 11 is 0. The van der Waals surface area contributed by atoms with Crippen LogP contribution in [0.15, 0.2) is 23.0 Å². The van der Waals surface area contributed by atoms with Crippen molar-refractivity contribution < 1.29 is 5.11 Å². The Kier molecular flexibility index (Phi) is 2.34. The first-order valence-electron chi connectivity index (χ1n) is 4.69. The molecule has 0 saturated carbocycles. The number of rotatable bonds is 2. The van der Waals surface area contributed by atoms with Gasteiger partial charge >= 0.3 is 5.69 Å². The maximum atomic E-state index is 11.4. The average Bonchev–Trinajstić information content (AvgIpc) is 2.54. The fourth-order valence-corrected chi connectivity index (χ4v) is 1.73. The van der Waals surface area contributed by atoms with Gasteiger partial charge in [-0.2, -0.15) is 0 Å². The van der Waals surface area contributed by atoms with Crippen LogP contribution in [0.4, 0.5) is 0 Å². The van der Waals surface area contributed by atoms with Gasteiger partial charge in [0.1, 0.15) is 0 Å². The molecule has 1 heterocycles. The normalized spacial score (nSPS) is 13.3. The van der Waals surface area contributed by atoms with Crippen LogP contribution in [0, 0.1) is 0 Å². The molecule has 1 aromatic heterocycles. The number of para-hydroxylation sites is 1. The van der Waals surface area contributed by atoms with E-state index in [-0.39, 0.29) is 12.3 Å². The monoisotopic (exact) mass is 207 g/mol. The largest absolute Gasteiger partial charge is 0.394 e. The van der Waals surface area contributed by atoms with Crippen molar-refractivity contribution in [2.24, 2.45) is 12.8 Å². The SMILES string of the molecule is Cn1c(=O)[nH]c2cccc(C(N)CO)c21. The zero-order valence-corrected chi connectivity index (χ0v) is 8.40. The zero-order chi connectivity index (χ0) is 11.0. The first-order chi connectivity index (χ1) is 7.15. The Hall–Kier alpha value is -1.59. The molecule has 0 aliphatic heterocycles. The lowest BCUT2D eigenvalue weighted by atomic mass is 10.1. The number of imidazole rings is 1. The van der Waals surface area contributed by atoms with Crippen LogP contribution in [0.5, 0.6) is 0 Å². The van der Waals surface area contributed by atoms with Crippen LogP contribution in [-0.4, -0.2) is 21.3 Å². The first kappa shape index (κ1) is 9.95. The van der Waals surface area contributed by atoms with E-state index in [0.29, 0.717) is 0 Å². The summed E-state index contributed by atoms with van der Waals surface area (Å²) in [5.41, 5.74) is 7.85. The summed E-state index contributed by atoms with van der Waals surface area (Å²) in [7, 11) is 1.68. The summed E-state index contributed by atoms with van der Waals surface area (Å²) < 4.78 is 1.50. The Morgan fingerprint density at radius 2 is 2.33 bits per heavy atom. The van der Waals surface area contributed by atoms with Gasteiger partial charge in [0.15, 0.2) is 0 Å². The molecule has 0 aliphatic rings. The molecule has 0 bridgehead atoms. The highest BCUT2D eigenvalue weighted by molar-refractivity contribution is 5.79. The highest BCUT2D eigenvalue weighted by Crippen LogP contribution is 2.19. The molecular formula is C10H13N3O2. The van der Waals surface area contributed by atoms with E-state index in [2.05, 4.69) is 4.98 Å². The van der Waals surface area contributed by atoms with Gasteiger partial charge in [0, 0.05) is 7.05 Å². The van der Waals surface area contributed by atoms with E-state index in [4.69, 9.17) is 10.8 Å². The number of fused-ring (bicyclic) bond motifs is 1. The number of benzene rings is 1. The van der Waals surface area contributed by atoms with E-state index in [1.807, 2.05) is 18.2 Å². The van der Waals surface area contributed by atoms with Crippen LogP contribution < -0.4 is 11.4 Å². The molecule has 2 rings (SSSR count). The van der Waals surface area contributed by atoms with Gasteiger partial charge < -0.3 is 15.8 Å². The van der Waals surface area contributed by atoms with Crippen molar-refractivity contribution in [1.29, 1.82) is 0 Å². The number of nitrogens with two attached hydrogens (primary N) is 1. The molecule has 0 spiro atoms. The van der Waals surface area contributed by atoms with E-state index >= 15 is 0 Å². The quantitative estimate of drug-likeness (QED) is 0.640. The number of hydrogen-bond acceptors (Lipinski definition) is 3. The van der Waals surface area contributed by atoms with Crippen LogP contribution in [0.3, 0.4) is 0 Å². The molecule has 1 unspecified atom stereocenters. The van der Waals surface area contributed by atoms with Gasteiger partial charge in [-0.1, -0.05) is 12.1 Å². The van der Waals surface area contributed by atoms with Gasteiger partial charge in [0.25, 0.3) is 0 Å². The lowest BCUT2D eigenvalue weighted by molar-refractivity contribution is 0.268. The molecule has 1 aromatic carbocycles. The highest BCUT2D eigenvalue weighted by Gasteiger charge is 2.12. The summed E-state index contributed by atoms with van der Waals surface area (Å²) in [5, 5.41) is 9.02. The number of hydrogen-bond donors (Lipinski definition) is 3. The van der Waals surface area contributed by atoms with Crippen LogP contribution in [0.2, 0.25) is 0 Å². The van der Waals surface area contributed by atoms with Gasteiger partial charge in [-0.3, -0.25) is 4.57 Å². The molecular weight excluding hydrogens is 194 g/mol. The van der Waals surface area contributed by atoms with Crippen molar-refractivity contribution in [3.63, 3.8) is 0 Å². The van der Waals surface area contributed by atoms with Crippen LogP contribution in [0.1, 0.15) is 11.6 Å². The number of aliphatic hydroxyl groups is 1. The molecule has 0 amide bonds. The highest BCUT2D eigenvalue weighted by atomic mass is 16.3. The van der Waals surface area contributed by atoms with Crippen molar-refractivity contribution in [3.05, 3.63) is 34.2 Å². The fourth-order valence-electron chi connectivity index (χ4n) is 1.73. The minimum Gasteiger partial charge on any atom is -0.394 e. The third-order valence-electron chi connectivity index (χ3n) is 2.55. The Morgan fingerprint density at radius 1 is 1.60 bits per heavy atom. The summed E-state index contributed by atoms with van der Waals surface area (Å²) in [6, 6.07) is 4.97. The van der Waals surface area contributed by atoms with E-state index in [1.54, 1.807) is 7.05 Å². The van der Waals surface area contributed by atoms with Gasteiger partial charge in [-0.05, 0) is 11.6 Å². The minimum absolute atomic E-state index is 0.140. The van der Waals surface area contributed by atoms with Crippen LogP contribution in [-0.2, 0) is 7.05 Å². The van der Waals surface area contributed by atoms with E-state index in [9.17, 15) is 4.79 Å². The summed E-state index contributed by atoms with van der Waals surface area (Å²) in [6.45, 7) is -0.140. The first-order valence-corrected chi connectivity index (χ1v) is 4.69. The van der Waals surface area contributed by atoms with Crippen molar-refractivity contribution in [3.8, 4) is 0 Å². The van der Waals surface area contributed by atoms with Crippen molar-refractivity contribution >= 4 is 11.0 Å². The minimum atomic E-state index is -0.463. The van der Waals surface area contributed by atoms with Gasteiger partial charge in [-0.25, -0.2) is 4.79 Å². The molecule has 5 heteroatoms. The molecule has 0 saturated heterocycles. The lowest BCUT2D eigenvalue weighted by Crippen LogP contribution is -2.17. The predicted octanol–water partition coefficient (Wildman–Crippen LogP) is -0.141. The Balaban J connectivity index is 2.80. The average molecular weight is 207 g/mol. The molecule has 5 nitrogen and oxygen atoms in total. The Bertz CT molecular complexity index is 541. The maximum absolute atomic E-state index is 11.4. The van der Waals surface area contributed by atoms with Crippen molar-refractivity contribution in [2.45, 2.75) is 6.04 Å². The standard InChI is InChI=1S/C10H13N3O2/c1-13-9-6(7(11)5-14)3-2-4-8(9)12-10(13)15/h2-4,7,14H,5,11H2,1H3,(H,12,15). The number of aromatic amines is 1. The van der Waals surface area contributed by atoms with Gasteiger partial charge in [-0.15, -0.1) is 0 Å². The summed E-state index contributed by atoms with van der Waals surface area (Å²) in [6.07, 6.45) is 0. The number of H-pyrrole nitrogens is 1. The molecule has 4 N–H and O–H groups in total. The topological polar surface area (TPSA) is 84.0 Å². The number of aromatic nitrogens is 2. The number of aryl methyl sites for hydroxylation is 1. The number of nitrogens with one attached hydrogen (secondary N) is 1. The van der Waals surface area contributed by atoms with E-state index in [1.165, 1.54) is 4.57 Å². The lowest BCUT2D eigenvalue weighted by Gasteiger charge is -2.10. The summed E-state index contributed by atoms with van der Waals surface area (Å²) in [5.74, 6) is 0. The van der Waals surface area contributed by atoms with Crippen LogP contribution >= 0.6 is 0 Å². The smallest absolute Gasteiger partial charge is 0.326 e. The predicted molar refractivity (Wildman–Crippen MR) is 57.6 cm³/mol. The third-order valence-corrected chi connectivity index (χ3v) is 2.55. The summed E-state index contributed by atoms with van der Waals surface area (Å²) in [4.78, 5) is 14.1. The molecule has 1 atom stereocenters. The number of nitrogens with zero attached hydrogens (tertiary/aromatic N) is 1. The zero-order valence-electron chi connectivity index (χ0n) is 8.40. The van der Waals surface area contributed by atoms with Crippen molar-refractivity contribution in [2.75, 3.05) is 6.61 Å². The molecule has 0 radical (unpaired) electrons. The van der Waals surface area contributed by atoms with E-state index in [0.717, 1.165) is 16.6 Å². The molecule has 15 heavy (non-hydrogen) atoms. The Labute approximate surface area is 86.1 Å². The second-order valence-corrected chi connectivity index (χ2v) is 3.52. The van der Waals surface area contributed by atoms with E-state index < -0.39 is 6.04 Å². The Morgan fingerprint density at radius 3 is 3.00 bits per heavy atom. The molecule has 2 aromatic rings. The second-order valence-electron chi connectivity index (χ2n) is 3.52. The number of aliphatic hydroxyl groups excluding tert-OH is 1. The fraction of sp³-hybridized carbons (Fsp3) is 0.300.